The van der Waals surface area contributed by atoms with Crippen molar-refractivity contribution in [3.8, 4) is 22.9 Å². The zero-order valence-electron chi connectivity index (χ0n) is 12.3. The summed E-state index contributed by atoms with van der Waals surface area (Å²) in [5.74, 6) is 3.17. The largest absolute Gasteiger partial charge is 0.493 e. The van der Waals surface area contributed by atoms with Crippen LogP contribution in [0.2, 0.25) is 0 Å². The molecule has 0 saturated heterocycles. The summed E-state index contributed by atoms with van der Waals surface area (Å²) in [6.45, 7) is 0. The molecule has 0 bridgehead atoms. The van der Waals surface area contributed by atoms with Crippen LogP contribution in [-0.2, 0) is 0 Å². The van der Waals surface area contributed by atoms with Crippen LogP contribution in [0, 0.1) is 0 Å². The maximum absolute atomic E-state index is 6.02. The molecule has 2 aromatic rings. The predicted octanol–water partition coefficient (Wildman–Crippen LogP) is 2.51. The van der Waals surface area contributed by atoms with E-state index >= 15 is 0 Å². The monoisotopic (exact) mass is 309 g/mol. The molecule has 114 valence electrons. The Morgan fingerprint density at radius 1 is 1.29 bits per heavy atom. The number of nitrogens with zero attached hydrogens (tertiary/aromatic N) is 2. The number of aromatic nitrogens is 2. The van der Waals surface area contributed by atoms with Crippen molar-refractivity contribution in [1.82, 2.24) is 10.1 Å². The molecule has 1 aromatic carbocycles. The van der Waals surface area contributed by atoms with Crippen molar-refractivity contribution in [1.29, 1.82) is 0 Å². The summed E-state index contributed by atoms with van der Waals surface area (Å²) in [7, 11) is 3.18. The highest BCUT2D eigenvalue weighted by Crippen LogP contribution is 2.31. The van der Waals surface area contributed by atoms with E-state index in [-0.39, 0.29) is 6.04 Å². The molecule has 1 heterocycles. The first-order chi connectivity index (χ1) is 10.2. The van der Waals surface area contributed by atoms with Crippen LogP contribution in [0.5, 0.6) is 11.5 Å². The first kappa shape index (κ1) is 15.7. The van der Waals surface area contributed by atoms with Gasteiger partial charge in [0.2, 0.25) is 11.7 Å². The van der Waals surface area contributed by atoms with E-state index < -0.39 is 0 Å². The minimum atomic E-state index is -0.237. The van der Waals surface area contributed by atoms with Crippen LogP contribution in [0.15, 0.2) is 22.7 Å². The molecule has 1 atom stereocenters. The maximum Gasteiger partial charge on any atom is 0.243 e. The fraction of sp³-hybridized carbons (Fsp3) is 0.429. The van der Waals surface area contributed by atoms with Gasteiger partial charge in [0.15, 0.2) is 11.5 Å². The summed E-state index contributed by atoms with van der Waals surface area (Å²) in [6, 6.07) is 5.22. The van der Waals surface area contributed by atoms with Gasteiger partial charge in [-0.3, -0.25) is 0 Å². The Hall–Kier alpha value is -1.73. The molecule has 21 heavy (non-hydrogen) atoms. The van der Waals surface area contributed by atoms with Crippen molar-refractivity contribution in [3.63, 3.8) is 0 Å². The van der Waals surface area contributed by atoms with Crippen LogP contribution in [-0.4, -0.2) is 36.4 Å². The zero-order valence-corrected chi connectivity index (χ0v) is 13.1. The topological polar surface area (TPSA) is 83.4 Å². The molecular weight excluding hydrogens is 290 g/mol. The first-order valence-electron chi connectivity index (χ1n) is 6.50. The number of hydrogen-bond donors (Lipinski definition) is 1. The van der Waals surface area contributed by atoms with E-state index in [2.05, 4.69) is 10.1 Å². The average Bonchev–Trinajstić information content (AvgIpc) is 3.01. The second kappa shape index (κ2) is 7.33. The summed E-state index contributed by atoms with van der Waals surface area (Å²) < 4.78 is 15.7. The number of methoxy groups -OCH3 is 2. The third kappa shape index (κ3) is 3.68. The third-order valence-corrected chi connectivity index (χ3v) is 3.68. The molecule has 0 saturated carbocycles. The molecule has 2 N–H and O–H groups in total. The molecule has 6 nitrogen and oxygen atoms in total. The molecule has 2 rings (SSSR count). The molecule has 0 aliphatic carbocycles. The van der Waals surface area contributed by atoms with Crippen molar-refractivity contribution in [2.24, 2.45) is 5.73 Å². The lowest BCUT2D eigenvalue weighted by atomic mass is 10.2. The van der Waals surface area contributed by atoms with Crippen LogP contribution in [0.4, 0.5) is 0 Å². The molecule has 7 heteroatoms. The fourth-order valence-corrected chi connectivity index (χ4v) is 2.34. The second-order valence-corrected chi connectivity index (χ2v) is 5.40. The lowest BCUT2D eigenvalue weighted by molar-refractivity contribution is 0.352. The Morgan fingerprint density at radius 3 is 2.71 bits per heavy atom. The van der Waals surface area contributed by atoms with Crippen molar-refractivity contribution in [2.45, 2.75) is 12.5 Å². The lowest BCUT2D eigenvalue weighted by Gasteiger charge is -2.07. The number of nitrogens with two attached hydrogens (primary N) is 1. The standard InChI is InChI=1S/C14H19N3O3S/c1-18-11-5-4-9(8-12(11)19-2)13-16-14(20-17-13)10(15)6-7-21-3/h4-5,8,10H,6-7,15H2,1-3H3/t10-/m0/s1. The molecule has 0 unspecified atom stereocenters. The molecule has 0 aliphatic rings. The van der Waals surface area contributed by atoms with E-state index in [0.29, 0.717) is 23.2 Å². The number of ether oxygens (including phenoxy) is 2. The van der Waals surface area contributed by atoms with Crippen LogP contribution in [0.25, 0.3) is 11.4 Å². The Balaban J connectivity index is 2.21. The van der Waals surface area contributed by atoms with Crippen molar-refractivity contribution in [3.05, 3.63) is 24.1 Å². The summed E-state index contributed by atoms with van der Waals surface area (Å²) >= 11 is 1.74. The fourth-order valence-electron chi connectivity index (χ4n) is 1.85. The second-order valence-electron chi connectivity index (χ2n) is 4.41. The van der Waals surface area contributed by atoms with Crippen LogP contribution in [0.3, 0.4) is 0 Å². The summed E-state index contributed by atoms with van der Waals surface area (Å²) in [4.78, 5) is 4.36. The highest BCUT2D eigenvalue weighted by atomic mass is 32.2. The lowest BCUT2D eigenvalue weighted by Crippen LogP contribution is -2.11. The molecule has 0 amide bonds. The van der Waals surface area contributed by atoms with Crippen LogP contribution in [0.1, 0.15) is 18.4 Å². The summed E-state index contributed by atoms with van der Waals surface area (Å²) in [5.41, 5.74) is 6.81. The number of thioether (sulfide) groups is 1. The van der Waals surface area contributed by atoms with E-state index in [1.165, 1.54) is 0 Å². The van der Waals surface area contributed by atoms with Gasteiger partial charge in [0.1, 0.15) is 0 Å². The van der Waals surface area contributed by atoms with Crippen LogP contribution < -0.4 is 15.2 Å². The van der Waals surface area contributed by atoms with Gasteiger partial charge in [0.25, 0.3) is 0 Å². The molecule has 0 radical (unpaired) electrons. The van der Waals surface area contributed by atoms with Gasteiger partial charge in [-0.1, -0.05) is 5.16 Å². The van der Waals surface area contributed by atoms with Gasteiger partial charge in [0, 0.05) is 5.56 Å². The van der Waals surface area contributed by atoms with Crippen molar-refractivity contribution in [2.75, 3.05) is 26.2 Å². The van der Waals surface area contributed by atoms with Gasteiger partial charge >= 0.3 is 0 Å². The molecule has 0 spiro atoms. The number of benzene rings is 1. The van der Waals surface area contributed by atoms with Gasteiger partial charge in [-0.15, -0.1) is 0 Å². The molecule has 0 fully saturated rings. The third-order valence-electron chi connectivity index (χ3n) is 3.03. The van der Waals surface area contributed by atoms with Crippen molar-refractivity contribution < 1.29 is 14.0 Å². The normalized spacial score (nSPS) is 12.2. The summed E-state index contributed by atoms with van der Waals surface area (Å²) in [5, 5.41) is 3.98. The smallest absolute Gasteiger partial charge is 0.243 e. The molecule has 0 aliphatic heterocycles. The highest BCUT2D eigenvalue weighted by molar-refractivity contribution is 7.98. The van der Waals surface area contributed by atoms with E-state index in [0.717, 1.165) is 17.7 Å². The number of rotatable bonds is 7. The maximum atomic E-state index is 6.02. The van der Waals surface area contributed by atoms with Gasteiger partial charge in [-0.05, 0) is 36.6 Å². The van der Waals surface area contributed by atoms with Crippen LogP contribution >= 0.6 is 11.8 Å². The Labute approximate surface area is 128 Å². The highest BCUT2D eigenvalue weighted by Gasteiger charge is 2.16. The SMILES string of the molecule is COc1ccc(-c2noc([C@@H](N)CCSC)n2)cc1OC. The predicted molar refractivity (Wildman–Crippen MR) is 82.8 cm³/mol. The van der Waals surface area contributed by atoms with Gasteiger partial charge in [-0.25, -0.2) is 0 Å². The average molecular weight is 309 g/mol. The minimum absolute atomic E-state index is 0.237. The molecule has 1 aromatic heterocycles. The van der Waals surface area contributed by atoms with E-state index in [1.54, 1.807) is 38.1 Å². The molecular formula is C14H19N3O3S. The minimum Gasteiger partial charge on any atom is -0.493 e. The van der Waals surface area contributed by atoms with Crippen molar-refractivity contribution >= 4 is 11.8 Å². The Morgan fingerprint density at radius 2 is 2.05 bits per heavy atom. The van der Waals surface area contributed by atoms with E-state index in [9.17, 15) is 0 Å². The quantitative estimate of drug-likeness (QED) is 0.841. The van der Waals surface area contributed by atoms with E-state index in [4.69, 9.17) is 19.7 Å². The number of hydrogen-bond acceptors (Lipinski definition) is 7. The summed E-state index contributed by atoms with van der Waals surface area (Å²) in [6.07, 6.45) is 2.84. The van der Waals surface area contributed by atoms with Gasteiger partial charge < -0.3 is 19.7 Å². The Bertz CT molecular complexity index is 589. The zero-order chi connectivity index (χ0) is 15.2. The van der Waals surface area contributed by atoms with Gasteiger partial charge in [-0.2, -0.15) is 16.7 Å². The van der Waals surface area contributed by atoms with Gasteiger partial charge in [0.05, 0.1) is 20.3 Å². The van der Waals surface area contributed by atoms with E-state index in [1.807, 2.05) is 12.3 Å². The Kier molecular flexibility index (Phi) is 5.46. The first-order valence-corrected chi connectivity index (χ1v) is 7.89.